The van der Waals surface area contributed by atoms with Crippen molar-refractivity contribution in [3.63, 3.8) is 0 Å². The summed E-state index contributed by atoms with van der Waals surface area (Å²) < 4.78 is 0. The summed E-state index contributed by atoms with van der Waals surface area (Å²) >= 11 is 0. The maximum absolute atomic E-state index is 3.41. The zero-order valence-electron chi connectivity index (χ0n) is 8.48. The molecule has 0 bridgehead atoms. The van der Waals surface area contributed by atoms with Crippen LogP contribution in [0.25, 0.3) is 21.8 Å². The molecule has 0 amide bonds. The van der Waals surface area contributed by atoms with E-state index in [1.54, 1.807) is 0 Å². The number of fused-ring (bicyclic) bond motifs is 2. The molecule has 1 aromatic heterocycles. The van der Waals surface area contributed by atoms with E-state index in [4.69, 9.17) is 0 Å². The van der Waals surface area contributed by atoms with E-state index in [9.17, 15) is 0 Å². The molecular formula is C13H11Br2N. The predicted molar refractivity (Wildman–Crippen MR) is 68.3 cm³/mol. The monoisotopic (exact) mass is 339 g/mol. The second-order valence-electron chi connectivity index (χ2n) is 3.44. The number of aromatic nitrogens is 1. The molecule has 1 nitrogen and oxygen atoms in total. The van der Waals surface area contributed by atoms with Gasteiger partial charge in [-0.3, -0.25) is 0 Å². The number of hydrogen-bond acceptors (Lipinski definition) is 0. The average molecular weight is 341 g/mol. The minimum atomic E-state index is 0. The highest BCUT2D eigenvalue weighted by Crippen LogP contribution is 2.15. The van der Waals surface area contributed by atoms with E-state index in [1.165, 1.54) is 21.8 Å². The number of hydrogen-bond donors (Lipinski definition) is 0. The Kier molecular flexibility index (Phi) is 4.44. The largest absolute Gasteiger partial charge is 1.00 e. The van der Waals surface area contributed by atoms with Gasteiger partial charge in [0.05, 0.1) is 0 Å². The normalized spacial score (nSPS) is 9.50. The molecule has 0 fully saturated rings. The summed E-state index contributed by atoms with van der Waals surface area (Å²) in [5.41, 5.74) is 2.37. The van der Waals surface area contributed by atoms with E-state index in [2.05, 4.69) is 47.4 Å². The standard InChI is InChI=1S/C13H9N.2BrH/c1-3-7-12-10(5-1)9-11-6-2-4-8-13(11)14-12;;/h1-9H;2*1H. The van der Waals surface area contributed by atoms with Crippen LogP contribution in [0.4, 0.5) is 0 Å². The number of benzene rings is 2. The molecule has 0 aliphatic rings. The molecule has 0 unspecified atom stereocenters. The summed E-state index contributed by atoms with van der Waals surface area (Å²) in [5.74, 6) is 0. The maximum atomic E-state index is 3.41. The van der Waals surface area contributed by atoms with Gasteiger partial charge in [-0.25, -0.2) is 4.98 Å². The number of halogens is 2. The molecule has 16 heavy (non-hydrogen) atoms. The molecule has 3 rings (SSSR count). The third-order valence-corrected chi connectivity index (χ3v) is 2.50. The summed E-state index contributed by atoms with van der Waals surface area (Å²) in [6.07, 6.45) is 0. The van der Waals surface area contributed by atoms with E-state index >= 15 is 0 Å². The molecule has 2 aromatic carbocycles. The van der Waals surface area contributed by atoms with Gasteiger partial charge in [-0.05, 0) is 18.2 Å². The van der Waals surface area contributed by atoms with Gasteiger partial charge in [0, 0.05) is 22.9 Å². The van der Waals surface area contributed by atoms with Crippen LogP contribution in [0.3, 0.4) is 0 Å². The summed E-state index contributed by atoms with van der Waals surface area (Å²) in [5, 5.41) is 2.51. The highest BCUT2D eigenvalue weighted by molar-refractivity contribution is 8.93. The second kappa shape index (κ2) is 5.41. The van der Waals surface area contributed by atoms with Gasteiger partial charge < -0.3 is 17.0 Å². The summed E-state index contributed by atoms with van der Waals surface area (Å²) in [6.45, 7) is 0. The molecule has 0 atom stereocenters. The second-order valence-corrected chi connectivity index (χ2v) is 3.44. The van der Waals surface area contributed by atoms with Gasteiger partial charge in [0.2, 0.25) is 11.0 Å². The molecule has 0 saturated carbocycles. The van der Waals surface area contributed by atoms with Crippen LogP contribution in [0, 0.1) is 0 Å². The van der Waals surface area contributed by atoms with Crippen LogP contribution in [0.15, 0.2) is 54.6 Å². The molecule has 1 heterocycles. The van der Waals surface area contributed by atoms with Crippen LogP contribution >= 0.6 is 17.0 Å². The lowest BCUT2D eigenvalue weighted by molar-refractivity contribution is -0.310. The molecule has 3 aromatic rings. The number of pyridine rings is 1. The molecule has 1 N–H and O–H groups in total. The highest BCUT2D eigenvalue weighted by Gasteiger charge is 2.02. The Bertz CT molecular complexity index is 503. The van der Waals surface area contributed by atoms with E-state index in [0.29, 0.717) is 0 Å². The lowest BCUT2D eigenvalue weighted by Crippen LogP contribution is -3.00. The van der Waals surface area contributed by atoms with E-state index in [-0.39, 0.29) is 34.0 Å². The van der Waals surface area contributed by atoms with E-state index < -0.39 is 0 Å². The maximum Gasteiger partial charge on any atom is 0.211 e. The molecule has 82 valence electrons. The van der Waals surface area contributed by atoms with Gasteiger partial charge in [-0.2, -0.15) is 0 Å². The fourth-order valence-corrected chi connectivity index (χ4v) is 1.79. The lowest BCUT2D eigenvalue weighted by Gasteiger charge is -1.94. The summed E-state index contributed by atoms with van der Waals surface area (Å²) in [4.78, 5) is 3.41. The first-order valence-corrected chi connectivity index (χ1v) is 4.73. The third-order valence-electron chi connectivity index (χ3n) is 2.50. The Morgan fingerprint density at radius 3 is 1.62 bits per heavy atom. The van der Waals surface area contributed by atoms with Crippen LogP contribution in [-0.2, 0) is 0 Å². The molecular weight excluding hydrogens is 330 g/mol. The highest BCUT2D eigenvalue weighted by atomic mass is 79.9. The lowest BCUT2D eigenvalue weighted by atomic mass is 10.1. The first kappa shape index (κ1) is 13.1. The van der Waals surface area contributed by atoms with Crippen LogP contribution in [0.1, 0.15) is 0 Å². The number of aromatic amines is 1. The Balaban J connectivity index is 0.000000640. The van der Waals surface area contributed by atoms with Crippen molar-refractivity contribution in [3.8, 4) is 0 Å². The van der Waals surface area contributed by atoms with Crippen molar-refractivity contribution in [1.82, 2.24) is 0 Å². The van der Waals surface area contributed by atoms with Crippen molar-refractivity contribution >= 4 is 38.8 Å². The first-order valence-electron chi connectivity index (χ1n) is 4.73. The van der Waals surface area contributed by atoms with Gasteiger partial charge in [0.15, 0.2) is 0 Å². The summed E-state index contributed by atoms with van der Waals surface area (Å²) in [6, 6.07) is 18.9. The van der Waals surface area contributed by atoms with Crippen molar-refractivity contribution in [2.45, 2.75) is 0 Å². The predicted octanol–water partition coefficient (Wildman–Crippen LogP) is 0.389. The van der Waals surface area contributed by atoms with E-state index in [0.717, 1.165) is 0 Å². The molecule has 0 radical (unpaired) electrons. The molecule has 3 heteroatoms. The topological polar surface area (TPSA) is 14.1 Å². The summed E-state index contributed by atoms with van der Waals surface area (Å²) in [7, 11) is 0. The zero-order valence-corrected chi connectivity index (χ0v) is 11.8. The quantitative estimate of drug-likeness (QED) is 0.526. The SMILES string of the molecule is Br.[Br-].c1ccc2[nH+]c3ccccc3cc2c1. The fraction of sp³-hybridized carbons (Fsp3) is 0. The molecule has 0 aliphatic carbocycles. The number of nitrogens with one attached hydrogen (secondary N) is 1. The van der Waals surface area contributed by atoms with Crippen molar-refractivity contribution in [3.05, 3.63) is 54.6 Å². The Morgan fingerprint density at radius 2 is 1.12 bits per heavy atom. The van der Waals surface area contributed by atoms with Gasteiger partial charge >= 0.3 is 0 Å². The number of H-pyrrole nitrogens is 1. The average Bonchev–Trinajstić information content (AvgIpc) is 2.26. The van der Waals surface area contributed by atoms with E-state index in [1.807, 2.05) is 12.1 Å². The molecule has 0 aliphatic heterocycles. The minimum Gasteiger partial charge on any atom is -1.00 e. The van der Waals surface area contributed by atoms with Crippen LogP contribution in [0.5, 0.6) is 0 Å². The van der Waals surface area contributed by atoms with Crippen LogP contribution in [-0.4, -0.2) is 0 Å². The molecule has 0 spiro atoms. The van der Waals surface area contributed by atoms with Gasteiger partial charge in [0.25, 0.3) is 0 Å². The van der Waals surface area contributed by atoms with Gasteiger partial charge in [-0.15, -0.1) is 17.0 Å². The smallest absolute Gasteiger partial charge is 0.211 e. The minimum absolute atomic E-state index is 0. The Hall–Kier alpha value is -0.930. The number of rotatable bonds is 0. The van der Waals surface area contributed by atoms with Crippen LogP contribution < -0.4 is 22.0 Å². The fourth-order valence-electron chi connectivity index (χ4n) is 1.79. The zero-order chi connectivity index (χ0) is 9.38. The Labute approximate surface area is 115 Å². The van der Waals surface area contributed by atoms with Crippen molar-refractivity contribution in [1.29, 1.82) is 0 Å². The Morgan fingerprint density at radius 1 is 0.688 bits per heavy atom. The van der Waals surface area contributed by atoms with Crippen LogP contribution in [0.2, 0.25) is 0 Å². The van der Waals surface area contributed by atoms with Crippen molar-refractivity contribution in [2.75, 3.05) is 0 Å². The van der Waals surface area contributed by atoms with Gasteiger partial charge in [-0.1, -0.05) is 24.3 Å². The molecule has 0 saturated heterocycles. The van der Waals surface area contributed by atoms with Gasteiger partial charge in [0.1, 0.15) is 0 Å². The number of para-hydroxylation sites is 2. The van der Waals surface area contributed by atoms with Crippen molar-refractivity contribution in [2.24, 2.45) is 0 Å². The first-order chi connectivity index (χ1) is 6.93. The van der Waals surface area contributed by atoms with Crippen molar-refractivity contribution < 1.29 is 22.0 Å². The third kappa shape index (κ3) is 2.25.